The van der Waals surface area contributed by atoms with Crippen molar-refractivity contribution in [2.75, 3.05) is 25.0 Å². The van der Waals surface area contributed by atoms with Gasteiger partial charge in [0.05, 0.1) is 18.4 Å². The molecule has 6 nitrogen and oxygen atoms in total. The third-order valence-corrected chi connectivity index (χ3v) is 3.62. The molecule has 1 N–H and O–H groups in total. The van der Waals surface area contributed by atoms with Crippen molar-refractivity contribution >= 4 is 23.2 Å². The van der Waals surface area contributed by atoms with E-state index in [1.54, 1.807) is 4.90 Å². The highest BCUT2D eigenvalue weighted by atomic mass is 35.5. The zero-order valence-corrected chi connectivity index (χ0v) is 13.6. The SMILES string of the molecule is CCCCn1ncc(NCC(=O)N(CC)CC)c(Cl)c1=O. The van der Waals surface area contributed by atoms with Crippen molar-refractivity contribution in [1.82, 2.24) is 14.7 Å². The zero-order valence-electron chi connectivity index (χ0n) is 12.9. The first-order valence-corrected chi connectivity index (χ1v) is 7.70. The first kappa shape index (κ1) is 17.5. The molecule has 1 amide bonds. The van der Waals surface area contributed by atoms with Crippen LogP contribution in [0.1, 0.15) is 33.6 Å². The smallest absolute Gasteiger partial charge is 0.287 e. The van der Waals surface area contributed by atoms with Crippen molar-refractivity contribution < 1.29 is 4.79 Å². The lowest BCUT2D eigenvalue weighted by Crippen LogP contribution is -2.35. The van der Waals surface area contributed by atoms with E-state index in [1.165, 1.54) is 10.9 Å². The number of aromatic nitrogens is 2. The van der Waals surface area contributed by atoms with Crippen LogP contribution in [0.25, 0.3) is 0 Å². The van der Waals surface area contributed by atoms with Crippen LogP contribution in [-0.2, 0) is 11.3 Å². The Labute approximate surface area is 130 Å². The molecule has 0 atom stereocenters. The molecule has 0 fully saturated rings. The minimum Gasteiger partial charge on any atom is -0.373 e. The molecule has 0 bridgehead atoms. The van der Waals surface area contributed by atoms with Crippen LogP contribution >= 0.6 is 11.6 Å². The van der Waals surface area contributed by atoms with Gasteiger partial charge in [0, 0.05) is 19.6 Å². The molecule has 0 radical (unpaired) electrons. The lowest BCUT2D eigenvalue weighted by molar-refractivity contribution is -0.128. The lowest BCUT2D eigenvalue weighted by atomic mass is 10.3. The molecular weight excluding hydrogens is 292 g/mol. The standard InChI is InChI=1S/C14H23ClN4O2/c1-4-7-8-19-14(21)13(15)11(9-17-19)16-10-12(20)18(5-2)6-3/h9,16H,4-8,10H2,1-3H3. The molecule has 7 heteroatoms. The maximum absolute atomic E-state index is 12.0. The Balaban J connectivity index is 2.75. The van der Waals surface area contributed by atoms with Gasteiger partial charge in [0.15, 0.2) is 0 Å². The molecule has 0 saturated heterocycles. The number of hydrogen-bond donors (Lipinski definition) is 1. The second-order valence-corrected chi connectivity index (χ2v) is 5.05. The molecule has 118 valence electrons. The molecule has 21 heavy (non-hydrogen) atoms. The van der Waals surface area contributed by atoms with E-state index >= 15 is 0 Å². The van der Waals surface area contributed by atoms with Crippen molar-refractivity contribution in [2.24, 2.45) is 0 Å². The van der Waals surface area contributed by atoms with Gasteiger partial charge in [-0.3, -0.25) is 9.59 Å². The molecule has 1 aromatic heterocycles. The van der Waals surface area contributed by atoms with Crippen molar-refractivity contribution in [2.45, 2.75) is 40.2 Å². The van der Waals surface area contributed by atoms with Crippen molar-refractivity contribution in [3.05, 3.63) is 21.6 Å². The monoisotopic (exact) mass is 314 g/mol. The molecule has 1 heterocycles. The number of rotatable bonds is 8. The van der Waals surface area contributed by atoms with Crippen LogP contribution in [0, 0.1) is 0 Å². The van der Waals surface area contributed by atoms with E-state index < -0.39 is 0 Å². The van der Waals surface area contributed by atoms with Crippen LogP contribution in [0.15, 0.2) is 11.0 Å². The zero-order chi connectivity index (χ0) is 15.8. The predicted octanol–water partition coefficient (Wildman–Crippen LogP) is 1.98. The van der Waals surface area contributed by atoms with Crippen LogP contribution in [-0.4, -0.2) is 40.2 Å². The number of amides is 1. The van der Waals surface area contributed by atoms with Gasteiger partial charge < -0.3 is 10.2 Å². The predicted molar refractivity (Wildman–Crippen MR) is 84.8 cm³/mol. The molecule has 0 unspecified atom stereocenters. The van der Waals surface area contributed by atoms with E-state index in [0.29, 0.717) is 25.3 Å². The number of nitrogens with one attached hydrogen (secondary N) is 1. The van der Waals surface area contributed by atoms with Gasteiger partial charge in [0.25, 0.3) is 5.56 Å². The first-order chi connectivity index (χ1) is 10.0. The third-order valence-electron chi connectivity index (χ3n) is 3.25. The normalized spacial score (nSPS) is 10.5. The summed E-state index contributed by atoms with van der Waals surface area (Å²) in [5.41, 5.74) is 0.0697. The molecule has 0 aliphatic heterocycles. The number of hydrogen-bond acceptors (Lipinski definition) is 4. The van der Waals surface area contributed by atoms with Crippen LogP contribution in [0.2, 0.25) is 5.02 Å². The third kappa shape index (κ3) is 4.74. The number of halogens is 1. The van der Waals surface area contributed by atoms with Gasteiger partial charge in [-0.1, -0.05) is 24.9 Å². The molecule has 0 aliphatic carbocycles. The topological polar surface area (TPSA) is 67.2 Å². The summed E-state index contributed by atoms with van der Waals surface area (Å²) in [6.45, 7) is 7.84. The Kier molecular flexibility index (Phi) is 7.22. The van der Waals surface area contributed by atoms with Crippen LogP contribution in [0.5, 0.6) is 0 Å². The molecule has 0 saturated carbocycles. The highest BCUT2D eigenvalue weighted by molar-refractivity contribution is 6.33. The number of carbonyl (C=O) groups is 1. The number of anilines is 1. The Hall–Kier alpha value is -1.56. The minimum atomic E-state index is -0.328. The molecule has 0 aliphatic rings. The molecule has 1 rings (SSSR count). The summed E-state index contributed by atoms with van der Waals surface area (Å²) in [7, 11) is 0. The van der Waals surface area contributed by atoms with E-state index in [0.717, 1.165) is 12.8 Å². The summed E-state index contributed by atoms with van der Waals surface area (Å²) in [6.07, 6.45) is 3.34. The van der Waals surface area contributed by atoms with Gasteiger partial charge in [-0.15, -0.1) is 0 Å². The minimum absolute atomic E-state index is 0.0359. The Bertz CT molecular complexity index is 526. The molecule has 0 spiro atoms. The van der Waals surface area contributed by atoms with Gasteiger partial charge in [-0.05, 0) is 20.3 Å². The Morgan fingerprint density at radius 3 is 2.62 bits per heavy atom. The van der Waals surface area contributed by atoms with E-state index in [4.69, 9.17) is 11.6 Å². The van der Waals surface area contributed by atoms with Crippen molar-refractivity contribution in [3.63, 3.8) is 0 Å². The highest BCUT2D eigenvalue weighted by Crippen LogP contribution is 2.15. The number of carbonyl (C=O) groups excluding carboxylic acids is 1. The summed E-state index contributed by atoms with van der Waals surface area (Å²) in [6, 6.07) is 0. The summed E-state index contributed by atoms with van der Waals surface area (Å²) in [4.78, 5) is 25.6. The van der Waals surface area contributed by atoms with E-state index in [1.807, 2.05) is 20.8 Å². The second-order valence-electron chi connectivity index (χ2n) is 4.67. The van der Waals surface area contributed by atoms with E-state index in [-0.39, 0.29) is 23.0 Å². The fourth-order valence-electron chi connectivity index (χ4n) is 1.91. The fraction of sp³-hybridized carbons (Fsp3) is 0.643. The average Bonchev–Trinajstić information content (AvgIpc) is 2.49. The second kappa shape index (κ2) is 8.67. The lowest BCUT2D eigenvalue weighted by Gasteiger charge is -2.19. The van der Waals surface area contributed by atoms with Crippen molar-refractivity contribution in [3.8, 4) is 0 Å². The Morgan fingerprint density at radius 2 is 2.05 bits per heavy atom. The first-order valence-electron chi connectivity index (χ1n) is 7.32. The van der Waals surface area contributed by atoms with Crippen LogP contribution in [0.3, 0.4) is 0 Å². The number of likely N-dealkylation sites (N-methyl/N-ethyl adjacent to an activating group) is 1. The van der Waals surface area contributed by atoms with Gasteiger partial charge in [0.1, 0.15) is 5.02 Å². The average molecular weight is 315 g/mol. The summed E-state index contributed by atoms with van der Waals surface area (Å²) in [5, 5.41) is 7.04. The molecule has 1 aromatic rings. The van der Waals surface area contributed by atoms with Crippen molar-refractivity contribution in [1.29, 1.82) is 0 Å². The van der Waals surface area contributed by atoms with Gasteiger partial charge in [0.2, 0.25) is 5.91 Å². The van der Waals surface area contributed by atoms with Gasteiger partial charge in [-0.25, -0.2) is 4.68 Å². The molecule has 0 aromatic carbocycles. The highest BCUT2D eigenvalue weighted by Gasteiger charge is 2.12. The summed E-state index contributed by atoms with van der Waals surface area (Å²) < 4.78 is 1.35. The maximum Gasteiger partial charge on any atom is 0.287 e. The molecular formula is C14H23ClN4O2. The quantitative estimate of drug-likeness (QED) is 0.796. The number of nitrogens with zero attached hydrogens (tertiary/aromatic N) is 3. The van der Waals surface area contributed by atoms with E-state index in [9.17, 15) is 9.59 Å². The number of aryl methyl sites for hydroxylation is 1. The maximum atomic E-state index is 12.0. The van der Waals surface area contributed by atoms with Crippen LogP contribution in [0.4, 0.5) is 5.69 Å². The summed E-state index contributed by atoms with van der Waals surface area (Å²) >= 11 is 6.05. The largest absolute Gasteiger partial charge is 0.373 e. The van der Waals surface area contributed by atoms with Gasteiger partial charge in [-0.2, -0.15) is 5.10 Å². The van der Waals surface area contributed by atoms with Gasteiger partial charge >= 0.3 is 0 Å². The number of unbranched alkanes of at least 4 members (excludes halogenated alkanes) is 1. The van der Waals surface area contributed by atoms with E-state index in [2.05, 4.69) is 10.4 Å². The summed E-state index contributed by atoms with van der Waals surface area (Å²) in [5.74, 6) is -0.0359. The Morgan fingerprint density at radius 1 is 1.38 bits per heavy atom. The van der Waals surface area contributed by atoms with Crippen LogP contribution < -0.4 is 10.9 Å². The fourth-order valence-corrected chi connectivity index (χ4v) is 2.13.